The summed E-state index contributed by atoms with van der Waals surface area (Å²) in [4.78, 5) is 37.4. The quantitative estimate of drug-likeness (QED) is 0.388. The van der Waals surface area contributed by atoms with Crippen LogP contribution in [0.3, 0.4) is 0 Å². The van der Waals surface area contributed by atoms with Crippen LogP contribution in [0.1, 0.15) is 60.0 Å². The summed E-state index contributed by atoms with van der Waals surface area (Å²) in [5, 5.41) is 3.94. The van der Waals surface area contributed by atoms with E-state index < -0.39 is 0 Å². The zero-order valence-electron chi connectivity index (χ0n) is 22.0. The molecule has 1 aliphatic rings. The molecular formula is C28H35N5O3S. The van der Waals surface area contributed by atoms with Gasteiger partial charge in [0.1, 0.15) is 16.6 Å². The average Bonchev–Trinajstić information content (AvgIpc) is 3.45. The number of carbonyl (C=O) groups is 2. The van der Waals surface area contributed by atoms with Crippen molar-refractivity contribution in [2.24, 2.45) is 4.99 Å². The number of anilines is 1. The molecule has 37 heavy (non-hydrogen) atoms. The van der Waals surface area contributed by atoms with Crippen LogP contribution in [0.4, 0.5) is 5.00 Å². The Morgan fingerprint density at radius 1 is 1.35 bits per heavy atom. The Morgan fingerprint density at radius 2 is 2.19 bits per heavy atom. The first-order chi connectivity index (χ1) is 17.9. The minimum absolute atomic E-state index is 0.0395. The standard InChI is InChI=1S/C28H35N5O3S/c1-5-36-22-8-6-7-21(16-22)19(2)15-26(34)31-28-24(17-29-4)23-9-12-33(18-25(23)37-28)27(35)10-13-32-14-11-30-20(32)3/h6-8,11,14,16-17,19H,5,9-10,12-13,15,18H2,1-4H3,(H,31,34). The number of aromatic nitrogens is 2. The van der Waals surface area contributed by atoms with E-state index in [1.54, 1.807) is 24.6 Å². The largest absolute Gasteiger partial charge is 0.494 e. The highest BCUT2D eigenvalue weighted by Gasteiger charge is 2.27. The van der Waals surface area contributed by atoms with E-state index in [0.29, 0.717) is 39.1 Å². The summed E-state index contributed by atoms with van der Waals surface area (Å²) in [5.74, 6) is 1.87. The number of hydrogen-bond acceptors (Lipinski definition) is 6. The Hall–Kier alpha value is -3.46. The van der Waals surface area contributed by atoms with Gasteiger partial charge in [-0.2, -0.15) is 0 Å². The smallest absolute Gasteiger partial charge is 0.225 e. The molecule has 1 aromatic carbocycles. The van der Waals surface area contributed by atoms with Gasteiger partial charge < -0.3 is 19.5 Å². The van der Waals surface area contributed by atoms with E-state index in [-0.39, 0.29) is 17.7 Å². The fourth-order valence-electron chi connectivity index (χ4n) is 4.66. The summed E-state index contributed by atoms with van der Waals surface area (Å²) >= 11 is 1.55. The van der Waals surface area contributed by atoms with Crippen LogP contribution in [0, 0.1) is 6.92 Å². The van der Waals surface area contributed by atoms with Crippen molar-refractivity contribution < 1.29 is 14.3 Å². The van der Waals surface area contributed by atoms with E-state index in [2.05, 4.69) is 15.3 Å². The minimum Gasteiger partial charge on any atom is -0.494 e. The van der Waals surface area contributed by atoms with Gasteiger partial charge in [-0.25, -0.2) is 4.98 Å². The van der Waals surface area contributed by atoms with Gasteiger partial charge in [0.2, 0.25) is 11.8 Å². The number of nitrogens with one attached hydrogen (secondary N) is 1. The lowest BCUT2D eigenvalue weighted by Crippen LogP contribution is -2.36. The van der Waals surface area contributed by atoms with E-state index in [1.165, 1.54) is 5.56 Å². The van der Waals surface area contributed by atoms with Crippen LogP contribution < -0.4 is 10.1 Å². The summed E-state index contributed by atoms with van der Waals surface area (Å²) in [5.41, 5.74) is 3.21. The number of nitrogens with zero attached hydrogens (tertiary/aromatic N) is 4. The van der Waals surface area contributed by atoms with Crippen molar-refractivity contribution in [1.82, 2.24) is 14.5 Å². The molecule has 1 unspecified atom stereocenters. The Balaban J connectivity index is 1.41. The van der Waals surface area contributed by atoms with Crippen molar-refractivity contribution in [1.29, 1.82) is 0 Å². The number of imidazole rings is 1. The normalized spacial score (nSPS) is 14.0. The number of rotatable bonds is 10. The third kappa shape index (κ3) is 6.46. The molecule has 9 heteroatoms. The van der Waals surface area contributed by atoms with Crippen LogP contribution in [0.15, 0.2) is 41.7 Å². The SMILES string of the molecule is CCOc1cccc(C(C)CC(=O)Nc2sc3c(c2C=NC)CCN(C(=O)CCn2ccnc2C)C3)c1. The zero-order chi connectivity index (χ0) is 26.4. The zero-order valence-corrected chi connectivity index (χ0v) is 22.8. The van der Waals surface area contributed by atoms with E-state index in [1.807, 2.05) is 66.9 Å². The van der Waals surface area contributed by atoms with Crippen LogP contribution in [0.2, 0.25) is 0 Å². The number of aliphatic imine (C=N–C) groups is 1. The maximum absolute atomic E-state index is 13.0. The van der Waals surface area contributed by atoms with Gasteiger partial charge in [0, 0.05) is 62.0 Å². The number of carbonyl (C=O) groups excluding carboxylic acids is 2. The summed E-state index contributed by atoms with van der Waals surface area (Å²) in [7, 11) is 1.74. The predicted octanol–water partition coefficient (Wildman–Crippen LogP) is 4.81. The molecule has 0 aliphatic carbocycles. The molecule has 0 saturated carbocycles. The molecule has 3 aromatic rings. The highest BCUT2D eigenvalue weighted by Crippen LogP contribution is 2.37. The molecule has 196 valence electrons. The Kier molecular flexibility index (Phi) is 8.76. The van der Waals surface area contributed by atoms with Gasteiger partial charge in [0.05, 0.1) is 13.2 Å². The Morgan fingerprint density at radius 3 is 2.92 bits per heavy atom. The molecule has 2 amide bonds. The second kappa shape index (κ2) is 12.2. The first-order valence-corrected chi connectivity index (χ1v) is 13.6. The molecule has 1 aliphatic heterocycles. The number of hydrogen-bond donors (Lipinski definition) is 1. The van der Waals surface area contributed by atoms with Crippen molar-refractivity contribution in [3.8, 4) is 5.75 Å². The number of benzene rings is 1. The van der Waals surface area contributed by atoms with Crippen LogP contribution in [0.25, 0.3) is 0 Å². The van der Waals surface area contributed by atoms with Gasteiger partial charge in [-0.05, 0) is 49.4 Å². The molecule has 1 atom stereocenters. The van der Waals surface area contributed by atoms with Gasteiger partial charge in [0.15, 0.2) is 0 Å². The maximum Gasteiger partial charge on any atom is 0.225 e. The first-order valence-electron chi connectivity index (χ1n) is 12.7. The molecule has 1 N–H and O–H groups in total. The van der Waals surface area contributed by atoms with Gasteiger partial charge in [-0.3, -0.25) is 14.6 Å². The number of thiophene rings is 1. The van der Waals surface area contributed by atoms with Gasteiger partial charge in [-0.1, -0.05) is 19.1 Å². The van der Waals surface area contributed by atoms with Crippen LogP contribution in [-0.4, -0.2) is 52.7 Å². The predicted molar refractivity (Wildman–Crippen MR) is 148 cm³/mol. The van der Waals surface area contributed by atoms with E-state index in [0.717, 1.165) is 39.0 Å². The van der Waals surface area contributed by atoms with E-state index >= 15 is 0 Å². The lowest BCUT2D eigenvalue weighted by molar-refractivity contribution is -0.132. The molecule has 0 radical (unpaired) electrons. The monoisotopic (exact) mass is 521 g/mol. The first kappa shape index (κ1) is 26.6. The summed E-state index contributed by atoms with van der Waals surface area (Å²) in [6, 6.07) is 7.92. The van der Waals surface area contributed by atoms with Crippen molar-refractivity contribution in [2.45, 2.75) is 59.0 Å². The molecule has 3 heterocycles. The molecule has 0 fully saturated rings. The Bertz CT molecular complexity index is 1280. The maximum atomic E-state index is 13.0. The number of amides is 2. The lowest BCUT2D eigenvalue weighted by atomic mass is 9.97. The second-order valence-corrected chi connectivity index (χ2v) is 10.4. The molecule has 8 nitrogen and oxygen atoms in total. The fraction of sp³-hybridized carbons (Fsp3) is 0.429. The van der Waals surface area contributed by atoms with Crippen molar-refractivity contribution in [3.05, 3.63) is 64.1 Å². The molecule has 0 saturated heterocycles. The average molecular weight is 522 g/mol. The van der Waals surface area contributed by atoms with Crippen molar-refractivity contribution in [2.75, 3.05) is 25.5 Å². The van der Waals surface area contributed by atoms with Crippen LogP contribution >= 0.6 is 11.3 Å². The van der Waals surface area contributed by atoms with Crippen LogP contribution in [0.5, 0.6) is 5.75 Å². The van der Waals surface area contributed by atoms with Gasteiger partial charge >= 0.3 is 0 Å². The van der Waals surface area contributed by atoms with Crippen molar-refractivity contribution >= 4 is 34.4 Å². The molecule has 2 aromatic heterocycles. The minimum atomic E-state index is -0.0395. The summed E-state index contributed by atoms with van der Waals surface area (Å²) in [6.45, 7) is 8.40. The number of ether oxygens (including phenoxy) is 1. The topological polar surface area (TPSA) is 88.8 Å². The van der Waals surface area contributed by atoms with Gasteiger partial charge in [-0.15, -0.1) is 11.3 Å². The van der Waals surface area contributed by atoms with Crippen molar-refractivity contribution in [3.63, 3.8) is 0 Å². The van der Waals surface area contributed by atoms with E-state index in [9.17, 15) is 9.59 Å². The summed E-state index contributed by atoms with van der Waals surface area (Å²) in [6.07, 6.45) is 7.02. The highest BCUT2D eigenvalue weighted by molar-refractivity contribution is 7.16. The number of aryl methyl sites for hydroxylation is 2. The lowest BCUT2D eigenvalue weighted by Gasteiger charge is -2.27. The summed E-state index contributed by atoms with van der Waals surface area (Å²) < 4.78 is 7.60. The fourth-order valence-corrected chi connectivity index (χ4v) is 5.92. The third-order valence-corrected chi connectivity index (χ3v) is 7.83. The number of fused-ring (bicyclic) bond motifs is 1. The molecule has 0 bridgehead atoms. The van der Waals surface area contributed by atoms with E-state index in [4.69, 9.17) is 4.74 Å². The Labute approximate surface area is 222 Å². The second-order valence-electron chi connectivity index (χ2n) is 9.28. The highest BCUT2D eigenvalue weighted by atomic mass is 32.1. The molecular weight excluding hydrogens is 486 g/mol. The molecule has 0 spiro atoms. The third-order valence-electron chi connectivity index (χ3n) is 6.68. The van der Waals surface area contributed by atoms with Gasteiger partial charge in [0.25, 0.3) is 0 Å². The van der Waals surface area contributed by atoms with Crippen LogP contribution in [-0.2, 0) is 29.1 Å². The molecule has 4 rings (SSSR count).